The Morgan fingerprint density at radius 1 is 1.26 bits per heavy atom. The Kier molecular flexibility index (Phi) is 2.23. The second-order valence-corrected chi connectivity index (χ2v) is 8.11. The summed E-state index contributed by atoms with van der Waals surface area (Å²) >= 11 is 0. The maximum atomic E-state index is 12.5. The minimum atomic E-state index is -3.27. The quantitative estimate of drug-likeness (QED) is 0.900. The molecule has 0 aromatic carbocycles. The third kappa shape index (κ3) is 1.61. The van der Waals surface area contributed by atoms with Crippen molar-refractivity contribution in [3.8, 4) is 0 Å². The molecule has 1 N–H and O–H groups in total. The van der Waals surface area contributed by atoms with E-state index >= 15 is 0 Å². The lowest BCUT2D eigenvalue weighted by Crippen LogP contribution is -2.53. The maximum Gasteiger partial charge on any atom is 0.215 e. The Bertz CT molecular complexity index is 588. The molecule has 104 valence electrons. The molecule has 7 heteroatoms. The fourth-order valence-corrected chi connectivity index (χ4v) is 5.96. The van der Waals surface area contributed by atoms with Gasteiger partial charge in [0.15, 0.2) is 5.82 Å². The number of hydrogen-bond donors (Lipinski definition) is 1. The van der Waals surface area contributed by atoms with Crippen LogP contribution in [0.2, 0.25) is 0 Å². The maximum absolute atomic E-state index is 12.5. The Balaban J connectivity index is 1.57. The average molecular weight is 283 g/mol. The Morgan fingerprint density at radius 3 is 2.42 bits per heavy atom. The molecule has 19 heavy (non-hydrogen) atoms. The summed E-state index contributed by atoms with van der Waals surface area (Å²) in [6.07, 6.45) is 7.88. The van der Waals surface area contributed by atoms with Crippen LogP contribution in [0, 0.1) is 5.41 Å². The van der Waals surface area contributed by atoms with E-state index in [0.29, 0.717) is 5.82 Å². The highest BCUT2D eigenvalue weighted by Gasteiger charge is 2.65. The molecule has 1 aromatic heterocycles. The van der Waals surface area contributed by atoms with Gasteiger partial charge in [0, 0.05) is 0 Å². The van der Waals surface area contributed by atoms with Crippen molar-refractivity contribution in [2.24, 2.45) is 5.41 Å². The van der Waals surface area contributed by atoms with Gasteiger partial charge in [-0.2, -0.15) is 4.98 Å². The van der Waals surface area contributed by atoms with Crippen molar-refractivity contribution in [2.75, 3.05) is 0 Å². The van der Waals surface area contributed by atoms with E-state index in [4.69, 9.17) is 4.52 Å². The van der Waals surface area contributed by atoms with Crippen LogP contribution in [0.5, 0.6) is 0 Å². The summed E-state index contributed by atoms with van der Waals surface area (Å²) in [4.78, 5) is 4.04. The highest BCUT2D eigenvalue weighted by Crippen LogP contribution is 2.63. The van der Waals surface area contributed by atoms with E-state index in [2.05, 4.69) is 14.9 Å². The molecular weight excluding hydrogens is 266 g/mol. The van der Waals surface area contributed by atoms with Crippen molar-refractivity contribution >= 4 is 10.0 Å². The molecule has 3 fully saturated rings. The molecule has 1 spiro atoms. The molecule has 3 aliphatic rings. The Morgan fingerprint density at radius 2 is 2.00 bits per heavy atom. The van der Waals surface area contributed by atoms with Crippen molar-refractivity contribution in [3.05, 3.63) is 12.2 Å². The van der Waals surface area contributed by atoms with Crippen molar-refractivity contribution in [2.45, 2.75) is 55.7 Å². The number of sulfonamides is 1. The second kappa shape index (κ2) is 3.58. The molecule has 3 saturated carbocycles. The lowest BCUT2D eigenvalue weighted by Gasteiger charge is -2.39. The summed E-state index contributed by atoms with van der Waals surface area (Å²) in [6, 6.07) is 0. The van der Waals surface area contributed by atoms with E-state index in [1.165, 1.54) is 12.8 Å². The van der Waals surface area contributed by atoms with Gasteiger partial charge in [-0.05, 0) is 43.9 Å². The average Bonchev–Trinajstić information content (AvgIpc) is 2.86. The molecule has 1 atom stereocenters. The van der Waals surface area contributed by atoms with E-state index in [1.54, 1.807) is 0 Å². The molecule has 1 aromatic rings. The predicted molar refractivity (Wildman–Crippen MR) is 66.6 cm³/mol. The number of nitrogens with one attached hydrogen (secondary N) is 1. The fraction of sp³-hybridized carbons (Fsp3) is 0.833. The van der Waals surface area contributed by atoms with Gasteiger partial charge in [0.2, 0.25) is 16.4 Å². The molecule has 0 bridgehead atoms. The zero-order valence-corrected chi connectivity index (χ0v) is 11.4. The van der Waals surface area contributed by atoms with Gasteiger partial charge in [-0.15, -0.1) is 0 Å². The summed E-state index contributed by atoms with van der Waals surface area (Å²) in [5, 5.41) is 3.64. The third-order valence-electron chi connectivity index (χ3n) is 5.17. The fourth-order valence-electron chi connectivity index (χ4n) is 3.53. The van der Waals surface area contributed by atoms with Crippen LogP contribution in [-0.4, -0.2) is 23.8 Å². The first kappa shape index (κ1) is 11.8. The molecule has 6 nitrogen and oxygen atoms in total. The summed E-state index contributed by atoms with van der Waals surface area (Å²) in [5.41, 5.74) is -0.507. The normalized spacial score (nSPS) is 30.6. The molecule has 1 heterocycles. The Labute approximate surface area is 112 Å². The molecular formula is C12H17N3O3S. The van der Waals surface area contributed by atoms with Gasteiger partial charge < -0.3 is 4.52 Å². The van der Waals surface area contributed by atoms with Crippen LogP contribution in [0.4, 0.5) is 0 Å². The molecule has 0 aliphatic heterocycles. The summed E-state index contributed by atoms with van der Waals surface area (Å²) < 4.78 is 32.7. The highest BCUT2D eigenvalue weighted by atomic mass is 32.2. The second-order valence-electron chi connectivity index (χ2n) is 6.25. The minimum Gasteiger partial charge on any atom is -0.343 e. The topological polar surface area (TPSA) is 85.1 Å². The zero-order valence-electron chi connectivity index (χ0n) is 10.6. The lowest BCUT2D eigenvalue weighted by molar-refractivity contribution is 0.202. The largest absolute Gasteiger partial charge is 0.343 e. The van der Waals surface area contributed by atoms with Crippen molar-refractivity contribution in [1.29, 1.82) is 0 Å². The van der Waals surface area contributed by atoms with E-state index in [0.717, 1.165) is 38.5 Å². The van der Waals surface area contributed by atoms with E-state index < -0.39 is 15.6 Å². The van der Waals surface area contributed by atoms with Gasteiger partial charge in [-0.25, -0.2) is 13.1 Å². The predicted octanol–water partition coefficient (Wildman–Crippen LogP) is 1.31. The smallest absolute Gasteiger partial charge is 0.215 e. The standard InChI is InChI=1S/C12H17N3O3S/c16-19(17,9-7-11(9)3-1-4-11)15-12(5-2-6-12)10-13-8-18-14-10/h8-9,15H,1-7H2. The monoisotopic (exact) mass is 283 g/mol. The van der Waals surface area contributed by atoms with Gasteiger partial charge in [-0.3, -0.25) is 0 Å². The van der Waals surface area contributed by atoms with Crippen LogP contribution in [0.3, 0.4) is 0 Å². The number of rotatable bonds is 4. The molecule has 0 amide bonds. The summed E-state index contributed by atoms with van der Waals surface area (Å²) in [7, 11) is -3.27. The molecule has 4 rings (SSSR count). The van der Waals surface area contributed by atoms with Gasteiger partial charge >= 0.3 is 0 Å². The molecule has 0 radical (unpaired) electrons. The van der Waals surface area contributed by atoms with Crippen LogP contribution in [-0.2, 0) is 15.6 Å². The number of aromatic nitrogens is 2. The highest BCUT2D eigenvalue weighted by molar-refractivity contribution is 7.90. The molecule has 3 aliphatic carbocycles. The Hall–Kier alpha value is -0.950. The summed E-state index contributed by atoms with van der Waals surface area (Å²) in [6.45, 7) is 0. The first-order chi connectivity index (χ1) is 9.07. The van der Waals surface area contributed by atoms with Gasteiger partial charge in [0.25, 0.3) is 0 Å². The van der Waals surface area contributed by atoms with Crippen LogP contribution in [0.25, 0.3) is 0 Å². The van der Waals surface area contributed by atoms with Crippen LogP contribution < -0.4 is 4.72 Å². The van der Waals surface area contributed by atoms with Gasteiger partial charge in [0.1, 0.15) is 0 Å². The molecule has 0 saturated heterocycles. The SMILES string of the molecule is O=S(=O)(NC1(c2ncon2)CCC1)C1CC12CCC2. The van der Waals surface area contributed by atoms with Crippen LogP contribution in [0.1, 0.15) is 50.8 Å². The van der Waals surface area contributed by atoms with E-state index in [1.807, 2.05) is 0 Å². The lowest BCUT2D eigenvalue weighted by atomic mass is 9.77. The van der Waals surface area contributed by atoms with E-state index in [-0.39, 0.29) is 10.7 Å². The van der Waals surface area contributed by atoms with Crippen molar-refractivity contribution in [3.63, 3.8) is 0 Å². The minimum absolute atomic E-state index is 0.105. The van der Waals surface area contributed by atoms with Crippen LogP contribution in [0.15, 0.2) is 10.9 Å². The first-order valence-electron chi connectivity index (χ1n) is 6.86. The zero-order chi connectivity index (χ0) is 13.1. The van der Waals surface area contributed by atoms with Crippen molar-refractivity contribution < 1.29 is 12.9 Å². The van der Waals surface area contributed by atoms with Gasteiger partial charge in [-0.1, -0.05) is 11.6 Å². The van der Waals surface area contributed by atoms with Crippen molar-refractivity contribution in [1.82, 2.24) is 14.9 Å². The number of hydrogen-bond acceptors (Lipinski definition) is 5. The summed E-state index contributed by atoms with van der Waals surface area (Å²) in [5.74, 6) is 0.477. The molecule has 1 unspecified atom stereocenters. The van der Waals surface area contributed by atoms with Crippen LogP contribution >= 0.6 is 0 Å². The third-order valence-corrected chi connectivity index (χ3v) is 7.26. The first-order valence-corrected chi connectivity index (χ1v) is 8.41. The van der Waals surface area contributed by atoms with Gasteiger partial charge in [0.05, 0.1) is 10.8 Å². The number of nitrogens with zero attached hydrogens (tertiary/aromatic N) is 2. The van der Waals surface area contributed by atoms with E-state index in [9.17, 15) is 8.42 Å².